The van der Waals surface area contributed by atoms with E-state index in [9.17, 15) is 9.18 Å². The Balaban J connectivity index is 1.41. The van der Waals surface area contributed by atoms with Crippen molar-refractivity contribution in [3.63, 3.8) is 0 Å². The number of aliphatic hydroxyl groups is 1. The molecule has 1 N–H and O–H groups in total. The van der Waals surface area contributed by atoms with E-state index in [0.29, 0.717) is 41.6 Å². The van der Waals surface area contributed by atoms with Gasteiger partial charge in [-0.1, -0.05) is 18.3 Å². The topological polar surface area (TPSA) is 88.3 Å². The number of hydrogen-bond donors (Lipinski definition) is 1. The van der Waals surface area contributed by atoms with Crippen molar-refractivity contribution in [3.05, 3.63) is 48.0 Å². The Hall–Kier alpha value is -2.98. The summed E-state index contributed by atoms with van der Waals surface area (Å²) in [6.07, 6.45) is 2.85. The number of thiocarbonyl (C=S) groups is 1. The van der Waals surface area contributed by atoms with Crippen molar-refractivity contribution in [1.82, 2.24) is 10.1 Å². The van der Waals surface area contributed by atoms with Crippen molar-refractivity contribution in [2.45, 2.75) is 12.5 Å². The van der Waals surface area contributed by atoms with Gasteiger partial charge < -0.3 is 24.0 Å². The highest BCUT2D eigenvalue weighted by molar-refractivity contribution is 7.80. The van der Waals surface area contributed by atoms with Gasteiger partial charge >= 0.3 is 6.09 Å². The molecule has 3 heterocycles. The third kappa shape index (κ3) is 4.29. The van der Waals surface area contributed by atoms with Gasteiger partial charge in [-0.2, -0.15) is 0 Å². The van der Waals surface area contributed by atoms with Crippen molar-refractivity contribution >= 4 is 34.6 Å². The Kier molecular flexibility index (Phi) is 5.96. The summed E-state index contributed by atoms with van der Waals surface area (Å²) in [4.78, 5) is 16.0. The van der Waals surface area contributed by atoms with E-state index in [2.05, 4.69) is 9.68 Å². The monoisotopic (exact) mass is 433 g/mol. The highest BCUT2D eigenvalue weighted by Crippen LogP contribution is 2.30. The Bertz CT molecular complexity index is 965. The minimum absolute atomic E-state index is 0.119. The Labute approximate surface area is 177 Å². The van der Waals surface area contributed by atoms with Crippen LogP contribution in [0.3, 0.4) is 0 Å². The van der Waals surface area contributed by atoms with Crippen LogP contribution in [0, 0.1) is 5.82 Å². The fourth-order valence-electron chi connectivity index (χ4n) is 3.45. The SMILES string of the molecule is O=C1O[C@@H](COc2ccon2)CN1c1ccc(C2=CCN(C(=S)CO)CC2)c(F)c1. The lowest BCUT2D eigenvalue weighted by Gasteiger charge is -2.28. The molecule has 2 aromatic rings. The minimum Gasteiger partial charge on any atom is -0.471 e. The summed E-state index contributed by atoms with van der Waals surface area (Å²) in [5, 5.41) is 12.8. The van der Waals surface area contributed by atoms with E-state index in [0.717, 1.165) is 5.57 Å². The Morgan fingerprint density at radius 3 is 2.93 bits per heavy atom. The smallest absolute Gasteiger partial charge is 0.414 e. The molecule has 1 fully saturated rings. The van der Waals surface area contributed by atoms with Crippen LogP contribution in [0.15, 0.2) is 41.1 Å². The zero-order valence-electron chi connectivity index (χ0n) is 16.0. The summed E-state index contributed by atoms with van der Waals surface area (Å²) < 4.78 is 30.2. The summed E-state index contributed by atoms with van der Waals surface area (Å²) in [5.74, 6) is -0.106. The molecule has 30 heavy (non-hydrogen) atoms. The second kappa shape index (κ2) is 8.80. The van der Waals surface area contributed by atoms with E-state index in [-0.39, 0.29) is 19.8 Å². The van der Waals surface area contributed by atoms with Crippen molar-refractivity contribution in [2.75, 3.05) is 37.7 Å². The van der Waals surface area contributed by atoms with E-state index in [4.69, 9.17) is 26.8 Å². The minimum atomic E-state index is -0.555. The average Bonchev–Trinajstić information content (AvgIpc) is 3.41. The largest absolute Gasteiger partial charge is 0.471 e. The number of carbonyl (C=O) groups is 1. The summed E-state index contributed by atoms with van der Waals surface area (Å²) in [6.45, 7) is 1.35. The predicted molar refractivity (Wildman–Crippen MR) is 110 cm³/mol. The van der Waals surface area contributed by atoms with Crippen LogP contribution >= 0.6 is 12.2 Å². The molecule has 1 aromatic heterocycles. The number of benzene rings is 1. The van der Waals surface area contributed by atoms with Gasteiger partial charge in [-0.05, 0) is 35.3 Å². The van der Waals surface area contributed by atoms with Crippen LogP contribution in [0.25, 0.3) is 5.57 Å². The number of rotatable bonds is 6. The molecule has 4 rings (SSSR count). The Morgan fingerprint density at radius 1 is 1.40 bits per heavy atom. The Morgan fingerprint density at radius 2 is 2.27 bits per heavy atom. The molecule has 0 unspecified atom stereocenters. The van der Waals surface area contributed by atoms with Crippen LogP contribution < -0.4 is 9.64 Å². The number of anilines is 1. The molecular formula is C20H20FN3O5S. The van der Waals surface area contributed by atoms with Crippen molar-refractivity contribution in [3.8, 4) is 5.88 Å². The zero-order valence-corrected chi connectivity index (χ0v) is 16.8. The van der Waals surface area contributed by atoms with Crippen LogP contribution in [0.4, 0.5) is 14.9 Å². The van der Waals surface area contributed by atoms with Gasteiger partial charge in [0.25, 0.3) is 5.88 Å². The summed E-state index contributed by atoms with van der Waals surface area (Å²) >= 11 is 5.10. The van der Waals surface area contributed by atoms with Gasteiger partial charge in [-0.15, -0.1) is 0 Å². The predicted octanol–water partition coefficient (Wildman–Crippen LogP) is 2.63. The fourth-order valence-corrected chi connectivity index (χ4v) is 3.61. The number of halogens is 1. The van der Waals surface area contributed by atoms with Crippen LogP contribution in [0.2, 0.25) is 0 Å². The summed E-state index contributed by atoms with van der Waals surface area (Å²) in [7, 11) is 0. The number of amides is 1. The molecule has 1 amide bonds. The molecule has 0 bridgehead atoms. The first-order valence-corrected chi connectivity index (χ1v) is 9.85. The molecule has 1 aromatic carbocycles. The number of nitrogens with zero attached hydrogens (tertiary/aromatic N) is 3. The van der Waals surface area contributed by atoms with Crippen molar-refractivity contribution in [2.24, 2.45) is 0 Å². The third-order valence-electron chi connectivity index (χ3n) is 5.01. The van der Waals surface area contributed by atoms with Gasteiger partial charge in [0.15, 0.2) is 6.10 Å². The van der Waals surface area contributed by atoms with E-state index in [1.165, 1.54) is 17.2 Å². The zero-order chi connectivity index (χ0) is 21.1. The van der Waals surface area contributed by atoms with Crippen LogP contribution in [0.1, 0.15) is 12.0 Å². The summed E-state index contributed by atoms with van der Waals surface area (Å²) in [5.41, 5.74) is 1.79. The average molecular weight is 433 g/mol. The maximum atomic E-state index is 14.8. The lowest BCUT2D eigenvalue weighted by Crippen LogP contribution is -2.35. The molecule has 0 spiro atoms. The maximum Gasteiger partial charge on any atom is 0.414 e. The van der Waals surface area contributed by atoms with Crippen molar-refractivity contribution < 1.29 is 28.3 Å². The van der Waals surface area contributed by atoms with E-state index in [1.807, 2.05) is 11.0 Å². The molecule has 1 atom stereocenters. The molecule has 2 aliphatic heterocycles. The van der Waals surface area contributed by atoms with Gasteiger partial charge in [-0.25, -0.2) is 9.18 Å². The second-order valence-corrected chi connectivity index (χ2v) is 7.38. The number of cyclic esters (lactones) is 1. The van der Waals surface area contributed by atoms with E-state index < -0.39 is 18.0 Å². The molecule has 158 valence electrons. The number of aromatic nitrogens is 1. The number of hydrogen-bond acceptors (Lipinski definition) is 7. The van der Waals surface area contributed by atoms with Gasteiger partial charge in [0.1, 0.15) is 23.7 Å². The molecule has 10 heteroatoms. The lowest BCUT2D eigenvalue weighted by molar-refractivity contribution is 0.102. The lowest BCUT2D eigenvalue weighted by atomic mass is 9.98. The first-order valence-electron chi connectivity index (χ1n) is 9.44. The first-order chi connectivity index (χ1) is 14.5. The van der Waals surface area contributed by atoms with Gasteiger partial charge in [-0.3, -0.25) is 4.90 Å². The maximum absolute atomic E-state index is 14.8. The van der Waals surface area contributed by atoms with Gasteiger partial charge in [0.2, 0.25) is 0 Å². The molecular weight excluding hydrogens is 413 g/mol. The molecule has 2 aliphatic rings. The second-order valence-electron chi connectivity index (χ2n) is 6.91. The molecule has 0 aliphatic carbocycles. The highest BCUT2D eigenvalue weighted by Gasteiger charge is 2.33. The normalized spacial score (nSPS) is 18.9. The number of carbonyl (C=O) groups excluding carboxylic acids is 1. The van der Waals surface area contributed by atoms with Crippen molar-refractivity contribution in [1.29, 1.82) is 0 Å². The van der Waals surface area contributed by atoms with Gasteiger partial charge in [0, 0.05) is 24.7 Å². The van der Waals surface area contributed by atoms with E-state index in [1.54, 1.807) is 18.2 Å². The molecule has 8 nitrogen and oxygen atoms in total. The molecule has 0 radical (unpaired) electrons. The molecule has 1 saturated heterocycles. The number of ether oxygens (including phenoxy) is 2. The molecule has 0 saturated carbocycles. The standard InChI is InChI=1S/C20H20FN3O5S/c21-17-9-14(1-2-16(17)13-3-6-23(7-4-13)19(30)11-25)24-10-15(29-20(24)26)12-27-18-5-8-28-22-18/h1-3,5,8-9,15,25H,4,6-7,10-12H2/t15-/m1/s1. The van der Waals surface area contributed by atoms with E-state index >= 15 is 0 Å². The van der Waals surface area contributed by atoms with Gasteiger partial charge in [0.05, 0.1) is 18.8 Å². The van der Waals surface area contributed by atoms with Crippen LogP contribution in [0.5, 0.6) is 5.88 Å². The van der Waals surface area contributed by atoms with Crippen LogP contribution in [-0.4, -0.2) is 65.2 Å². The quantitative estimate of drug-likeness (QED) is 0.696. The fraction of sp³-hybridized carbons (Fsp3) is 0.350. The third-order valence-corrected chi connectivity index (χ3v) is 5.40. The highest BCUT2D eigenvalue weighted by atomic mass is 32.1. The summed E-state index contributed by atoms with van der Waals surface area (Å²) in [6, 6.07) is 6.26. The van der Waals surface area contributed by atoms with Crippen LogP contribution in [-0.2, 0) is 4.74 Å². The first kappa shape index (κ1) is 20.3. The number of aliphatic hydroxyl groups excluding tert-OH is 1.